The van der Waals surface area contributed by atoms with Crippen molar-refractivity contribution in [1.29, 1.82) is 0 Å². The van der Waals surface area contributed by atoms with Crippen LogP contribution in [0.15, 0.2) is 12.1 Å². The van der Waals surface area contributed by atoms with Crippen molar-refractivity contribution >= 4 is 11.6 Å². The molecule has 1 aromatic heterocycles. The summed E-state index contributed by atoms with van der Waals surface area (Å²) in [6.45, 7) is 11.9. The van der Waals surface area contributed by atoms with Crippen LogP contribution < -0.4 is 0 Å². The third-order valence-electron chi connectivity index (χ3n) is 1.17. The number of pyridine rings is 1. The van der Waals surface area contributed by atoms with Gasteiger partial charge in [-0.1, -0.05) is 45.4 Å². The van der Waals surface area contributed by atoms with Crippen molar-refractivity contribution in [2.45, 2.75) is 41.5 Å². The molecule has 0 bridgehead atoms. The van der Waals surface area contributed by atoms with Gasteiger partial charge >= 0.3 is 0 Å². The zero-order chi connectivity index (χ0) is 10.9. The molecule has 0 aliphatic heterocycles. The van der Waals surface area contributed by atoms with Gasteiger partial charge in [0.15, 0.2) is 0 Å². The van der Waals surface area contributed by atoms with E-state index in [1.54, 1.807) is 0 Å². The van der Waals surface area contributed by atoms with Crippen molar-refractivity contribution < 1.29 is 0 Å². The molecule has 0 aliphatic rings. The summed E-state index contributed by atoms with van der Waals surface area (Å²) in [5, 5.41) is 0.606. The second kappa shape index (κ2) is 9.53. The average Bonchev–Trinajstić information content (AvgIpc) is 2.18. The molecular formula is C11H20ClN. The standard InChI is InChI=1S/C7H8ClN.2C2H6/c1-5-3-4-6(2)9-7(5)8;2*1-2/h3-4H,1-2H3;2*1-2H3. The Morgan fingerprint density at radius 3 is 1.77 bits per heavy atom. The van der Waals surface area contributed by atoms with Crippen molar-refractivity contribution in [1.82, 2.24) is 4.98 Å². The van der Waals surface area contributed by atoms with Crippen LogP contribution in [0.25, 0.3) is 0 Å². The van der Waals surface area contributed by atoms with Crippen LogP contribution in [0.4, 0.5) is 0 Å². The highest BCUT2D eigenvalue weighted by atomic mass is 35.5. The van der Waals surface area contributed by atoms with Gasteiger partial charge in [0, 0.05) is 5.69 Å². The molecule has 0 saturated carbocycles. The van der Waals surface area contributed by atoms with Gasteiger partial charge < -0.3 is 0 Å². The van der Waals surface area contributed by atoms with Crippen molar-refractivity contribution in [3.05, 3.63) is 28.5 Å². The topological polar surface area (TPSA) is 12.9 Å². The summed E-state index contributed by atoms with van der Waals surface area (Å²) >= 11 is 5.70. The number of aromatic nitrogens is 1. The first kappa shape index (κ1) is 14.9. The molecule has 0 aromatic carbocycles. The van der Waals surface area contributed by atoms with Gasteiger partial charge in [0.1, 0.15) is 5.15 Å². The van der Waals surface area contributed by atoms with Crippen molar-refractivity contribution in [2.75, 3.05) is 0 Å². The number of nitrogens with zero attached hydrogens (tertiary/aromatic N) is 1. The van der Waals surface area contributed by atoms with Crippen LogP contribution in [-0.2, 0) is 0 Å². The number of hydrogen-bond acceptors (Lipinski definition) is 1. The minimum absolute atomic E-state index is 0.606. The highest BCUT2D eigenvalue weighted by Gasteiger charge is 1.93. The van der Waals surface area contributed by atoms with E-state index >= 15 is 0 Å². The summed E-state index contributed by atoms with van der Waals surface area (Å²) in [4.78, 5) is 4.04. The summed E-state index contributed by atoms with van der Waals surface area (Å²) in [6, 6.07) is 3.91. The van der Waals surface area contributed by atoms with E-state index in [4.69, 9.17) is 11.6 Å². The Morgan fingerprint density at radius 2 is 1.46 bits per heavy atom. The average molecular weight is 202 g/mol. The van der Waals surface area contributed by atoms with Crippen LogP contribution in [0.1, 0.15) is 39.0 Å². The Morgan fingerprint density at radius 1 is 1.00 bits per heavy atom. The fourth-order valence-corrected chi connectivity index (χ4v) is 0.791. The zero-order valence-electron chi connectivity index (χ0n) is 9.48. The first-order valence-electron chi connectivity index (χ1n) is 4.80. The van der Waals surface area contributed by atoms with E-state index in [2.05, 4.69) is 4.98 Å². The van der Waals surface area contributed by atoms with E-state index in [1.165, 1.54) is 0 Å². The van der Waals surface area contributed by atoms with E-state index in [0.717, 1.165) is 11.3 Å². The predicted octanol–water partition coefficient (Wildman–Crippen LogP) is 4.40. The molecule has 1 rings (SSSR count). The molecule has 0 atom stereocenters. The molecule has 0 saturated heterocycles. The Kier molecular flexibility index (Phi) is 10.9. The normalized spacial score (nSPS) is 7.62. The minimum atomic E-state index is 0.606. The highest BCUT2D eigenvalue weighted by Crippen LogP contribution is 2.10. The largest absolute Gasteiger partial charge is 0.241 e. The molecule has 0 N–H and O–H groups in total. The Bertz CT molecular complexity index is 221. The van der Waals surface area contributed by atoms with Gasteiger partial charge in [-0.2, -0.15) is 0 Å². The third-order valence-corrected chi connectivity index (χ3v) is 1.56. The molecule has 0 radical (unpaired) electrons. The summed E-state index contributed by atoms with van der Waals surface area (Å²) < 4.78 is 0. The van der Waals surface area contributed by atoms with Crippen LogP contribution in [0.2, 0.25) is 5.15 Å². The number of halogens is 1. The molecule has 0 aliphatic carbocycles. The number of hydrogen-bond donors (Lipinski definition) is 0. The molecule has 76 valence electrons. The van der Waals surface area contributed by atoms with E-state index in [1.807, 2.05) is 53.7 Å². The molecule has 1 nitrogen and oxygen atoms in total. The summed E-state index contributed by atoms with van der Waals surface area (Å²) in [5.74, 6) is 0. The SMILES string of the molecule is CC.CC.Cc1ccc(C)c(Cl)n1. The van der Waals surface area contributed by atoms with Gasteiger partial charge in [0.25, 0.3) is 0 Å². The van der Waals surface area contributed by atoms with Crippen LogP contribution in [0.5, 0.6) is 0 Å². The second-order valence-corrected chi connectivity index (χ2v) is 2.42. The van der Waals surface area contributed by atoms with E-state index < -0.39 is 0 Å². The maximum absolute atomic E-state index is 5.70. The first-order valence-corrected chi connectivity index (χ1v) is 5.17. The lowest BCUT2D eigenvalue weighted by molar-refractivity contribution is 1.17. The maximum Gasteiger partial charge on any atom is 0.132 e. The third kappa shape index (κ3) is 6.59. The molecule has 0 amide bonds. The molecule has 13 heavy (non-hydrogen) atoms. The van der Waals surface area contributed by atoms with Crippen molar-refractivity contribution in [3.8, 4) is 0 Å². The Labute approximate surface area is 87.2 Å². The number of aryl methyl sites for hydroxylation is 2. The van der Waals surface area contributed by atoms with Gasteiger partial charge in [0.2, 0.25) is 0 Å². The lowest BCUT2D eigenvalue weighted by atomic mass is 10.3. The number of rotatable bonds is 0. The molecular weight excluding hydrogens is 182 g/mol. The van der Waals surface area contributed by atoms with E-state index in [0.29, 0.717) is 5.15 Å². The van der Waals surface area contributed by atoms with Crippen LogP contribution in [0, 0.1) is 13.8 Å². The summed E-state index contributed by atoms with van der Waals surface area (Å²) in [5.41, 5.74) is 1.99. The van der Waals surface area contributed by atoms with Gasteiger partial charge in [-0.05, 0) is 25.5 Å². The van der Waals surface area contributed by atoms with Crippen LogP contribution >= 0.6 is 11.6 Å². The molecule has 1 heterocycles. The second-order valence-electron chi connectivity index (χ2n) is 2.06. The molecule has 1 aromatic rings. The van der Waals surface area contributed by atoms with E-state index in [-0.39, 0.29) is 0 Å². The fourth-order valence-electron chi connectivity index (χ4n) is 0.595. The highest BCUT2D eigenvalue weighted by molar-refractivity contribution is 6.30. The predicted molar refractivity (Wildman–Crippen MR) is 61.4 cm³/mol. The van der Waals surface area contributed by atoms with E-state index in [9.17, 15) is 0 Å². The molecule has 0 spiro atoms. The molecule has 0 fully saturated rings. The molecule has 2 heteroatoms. The fraction of sp³-hybridized carbons (Fsp3) is 0.545. The first-order chi connectivity index (χ1) is 6.20. The summed E-state index contributed by atoms with van der Waals surface area (Å²) in [7, 11) is 0. The van der Waals surface area contributed by atoms with Gasteiger partial charge in [-0.25, -0.2) is 4.98 Å². The van der Waals surface area contributed by atoms with Gasteiger partial charge in [-0.3, -0.25) is 0 Å². The molecule has 0 unspecified atom stereocenters. The van der Waals surface area contributed by atoms with Gasteiger partial charge in [0.05, 0.1) is 0 Å². The van der Waals surface area contributed by atoms with Crippen LogP contribution in [-0.4, -0.2) is 4.98 Å². The zero-order valence-corrected chi connectivity index (χ0v) is 10.2. The van der Waals surface area contributed by atoms with Crippen molar-refractivity contribution in [3.63, 3.8) is 0 Å². The van der Waals surface area contributed by atoms with Gasteiger partial charge in [-0.15, -0.1) is 0 Å². The minimum Gasteiger partial charge on any atom is -0.241 e. The Balaban J connectivity index is 0. The smallest absolute Gasteiger partial charge is 0.132 e. The quantitative estimate of drug-likeness (QED) is 0.567. The lowest BCUT2D eigenvalue weighted by Gasteiger charge is -1.95. The van der Waals surface area contributed by atoms with Crippen molar-refractivity contribution in [2.24, 2.45) is 0 Å². The Hall–Kier alpha value is -0.560. The monoisotopic (exact) mass is 201 g/mol. The lowest BCUT2D eigenvalue weighted by Crippen LogP contribution is -1.83. The van der Waals surface area contributed by atoms with Crippen LogP contribution in [0.3, 0.4) is 0 Å². The maximum atomic E-state index is 5.70. The summed E-state index contributed by atoms with van der Waals surface area (Å²) in [6.07, 6.45) is 0.